The molecule has 0 spiro atoms. The van der Waals surface area contributed by atoms with Gasteiger partial charge in [0.15, 0.2) is 0 Å². The van der Waals surface area contributed by atoms with E-state index in [9.17, 15) is 4.79 Å². The number of carbonyl (C=O) groups is 1. The van der Waals surface area contributed by atoms with Crippen molar-refractivity contribution in [2.24, 2.45) is 0 Å². The molecule has 1 atom stereocenters. The standard InChI is InChI=1S/C15H15BrN2O2S/c16-12-8-11(9-17-10-12)15(19)18-4-3-14(21-7-5-18)13-2-1-6-20-13/h1-2,6,8-10,14H,3-5,7H2. The molecule has 0 aliphatic carbocycles. The molecule has 6 heteroatoms. The number of thioether (sulfide) groups is 1. The summed E-state index contributed by atoms with van der Waals surface area (Å²) in [4.78, 5) is 18.5. The summed E-state index contributed by atoms with van der Waals surface area (Å²) in [6.07, 6.45) is 5.92. The fraction of sp³-hybridized carbons (Fsp3) is 0.333. The van der Waals surface area contributed by atoms with Gasteiger partial charge in [0.05, 0.1) is 17.1 Å². The van der Waals surface area contributed by atoms with E-state index in [4.69, 9.17) is 4.42 Å². The molecule has 21 heavy (non-hydrogen) atoms. The molecule has 0 saturated carbocycles. The topological polar surface area (TPSA) is 46.3 Å². The van der Waals surface area contributed by atoms with Crippen molar-refractivity contribution in [1.29, 1.82) is 0 Å². The molecule has 2 aromatic rings. The van der Waals surface area contributed by atoms with Crippen molar-refractivity contribution in [1.82, 2.24) is 9.88 Å². The minimum Gasteiger partial charge on any atom is -0.468 e. The monoisotopic (exact) mass is 366 g/mol. The number of pyridine rings is 1. The minimum atomic E-state index is 0.0458. The van der Waals surface area contributed by atoms with Gasteiger partial charge in [0.1, 0.15) is 5.76 Å². The van der Waals surface area contributed by atoms with Crippen LogP contribution in [0.5, 0.6) is 0 Å². The first-order valence-corrected chi connectivity index (χ1v) is 8.63. The number of amides is 1. The van der Waals surface area contributed by atoms with Crippen LogP contribution in [0.2, 0.25) is 0 Å². The van der Waals surface area contributed by atoms with Gasteiger partial charge in [0, 0.05) is 35.7 Å². The summed E-state index contributed by atoms with van der Waals surface area (Å²) in [7, 11) is 0. The molecule has 0 aromatic carbocycles. The minimum absolute atomic E-state index is 0.0458. The third-order valence-corrected chi connectivity index (χ3v) is 5.16. The lowest BCUT2D eigenvalue weighted by atomic mass is 10.2. The van der Waals surface area contributed by atoms with Gasteiger partial charge in [0.25, 0.3) is 5.91 Å². The van der Waals surface area contributed by atoms with E-state index < -0.39 is 0 Å². The third kappa shape index (κ3) is 3.49. The third-order valence-electron chi connectivity index (χ3n) is 3.44. The van der Waals surface area contributed by atoms with Gasteiger partial charge in [-0.25, -0.2) is 0 Å². The Morgan fingerprint density at radius 1 is 1.43 bits per heavy atom. The Kier molecular flexibility index (Phi) is 4.65. The lowest BCUT2D eigenvalue weighted by Crippen LogP contribution is -2.33. The van der Waals surface area contributed by atoms with Crippen LogP contribution < -0.4 is 0 Å². The maximum atomic E-state index is 12.5. The second kappa shape index (κ2) is 6.66. The summed E-state index contributed by atoms with van der Waals surface area (Å²) in [6.45, 7) is 1.50. The van der Waals surface area contributed by atoms with E-state index in [-0.39, 0.29) is 5.91 Å². The molecule has 0 radical (unpaired) electrons. The molecule has 0 N–H and O–H groups in total. The van der Waals surface area contributed by atoms with E-state index in [2.05, 4.69) is 20.9 Å². The molecule has 1 fully saturated rings. The summed E-state index contributed by atoms with van der Waals surface area (Å²) in [5.41, 5.74) is 0.630. The quantitative estimate of drug-likeness (QED) is 0.811. The molecule has 4 nitrogen and oxygen atoms in total. The summed E-state index contributed by atoms with van der Waals surface area (Å²) in [5.74, 6) is 1.96. The van der Waals surface area contributed by atoms with E-state index in [0.29, 0.717) is 10.8 Å². The summed E-state index contributed by atoms with van der Waals surface area (Å²) in [5, 5.41) is 0.332. The zero-order valence-electron chi connectivity index (χ0n) is 11.4. The van der Waals surface area contributed by atoms with Crippen molar-refractivity contribution in [2.45, 2.75) is 11.7 Å². The van der Waals surface area contributed by atoms with Crippen LogP contribution in [-0.2, 0) is 0 Å². The Bertz CT molecular complexity index is 618. The van der Waals surface area contributed by atoms with Crippen LogP contribution in [0.15, 0.2) is 45.7 Å². The molecule has 3 heterocycles. The summed E-state index contributed by atoms with van der Waals surface area (Å²) in [6, 6.07) is 5.74. The van der Waals surface area contributed by atoms with Crippen LogP contribution in [-0.4, -0.2) is 34.6 Å². The Balaban J connectivity index is 1.69. The van der Waals surface area contributed by atoms with Crippen molar-refractivity contribution in [2.75, 3.05) is 18.8 Å². The van der Waals surface area contributed by atoms with Crippen LogP contribution in [0.4, 0.5) is 0 Å². The number of hydrogen-bond acceptors (Lipinski definition) is 4. The fourth-order valence-corrected chi connectivity index (χ4v) is 3.93. The van der Waals surface area contributed by atoms with Crippen LogP contribution in [0, 0.1) is 0 Å². The number of aromatic nitrogens is 1. The molecule has 1 unspecified atom stereocenters. The Labute approximate surface area is 136 Å². The number of carbonyl (C=O) groups excluding carboxylic acids is 1. The van der Waals surface area contributed by atoms with Crippen LogP contribution in [0.25, 0.3) is 0 Å². The van der Waals surface area contributed by atoms with Crippen LogP contribution >= 0.6 is 27.7 Å². The predicted molar refractivity (Wildman–Crippen MR) is 86.4 cm³/mol. The summed E-state index contributed by atoms with van der Waals surface area (Å²) >= 11 is 5.20. The highest BCUT2D eigenvalue weighted by Gasteiger charge is 2.24. The molecule has 0 bridgehead atoms. The molecule has 1 saturated heterocycles. The van der Waals surface area contributed by atoms with Gasteiger partial charge < -0.3 is 9.32 Å². The Morgan fingerprint density at radius 2 is 2.33 bits per heavy atom. The lowest BCUT2D eigenvalue weighted by molar-refractivity contribution is 0.0765. The van der Waals surface area contributed by atoms with Gasteiger partial charge in [-0.2, -0.15) is 0 Å². The molecular weight excluding hydrogens is 352 g/mol. The van der Waals surface area contributed by atoms with E-state index in [1.54, 1.807) is 18.7 Å². The summed E-state index contributed by atoms with van der Waals surface area (Å²) < 4.78 is 6.31. The fourth-order valence-electron chi connectivity index (χ4n) is 2.39. The average Bonchev–Trinajstić information content (AvgIpc) is 2.91. The molecule has 1 aliphatic heterocycles. The second-order valence-electron chi connectivity index (χ2n) is 4.85. The first-order valence-electron chi connectivity index (χ1n) is 6.79. The van der Waals surface area contributed by atoms with Crippen LogP contribution in [0.1, 0.15) is 27.8 Å². The zero-order chi connectivity index (χ0) is 14.7. The second-order valence-corrected chi connectivity index (χ2v) is 7.07. The Morgan fingerprint density at radius 3 is 3.10 bits per heavy atom. The molecule has 2 aromatic heterocycles. The number of nitrogens with zero attached hydrogens (tertiary/aromatic N) is 2. The number of hydrogen-bond donors (Lipinski definition) is 0. The highest BCUT2D eigenvalue weighted by atomic mass is 79.9. The van der Waals surface area contributed by atoms with Crippen molar-refractivity contribution in [3.63, 3.8) is 0 Å². The number of halogens is 1. The predicted octanol–water partition coefficient (Wildman–Crippen LogP) is 3.76. The molecule has 1 aliphatic rings. The van der Waals surface area contributed by atoms with Crippen molar-refractivity contribution in [3.8, 4) is 0 Å². The maximum absolute atomic E-state index is 12.5. The van der Waals surface area contributed by atoms with Gasteiger partial charge in [0.2, 0.25) is 0 Å². The van der Waals surface area contributed by atoms with E-state index in [1.165, 1.54) is 0 Å². The lowest BCUT2D eigenvalue weighted by Gasteiger charge is -2.20. The van der Waals surface area contributed by atoms with Crippen LogP contribution in [0.3, 0.4) is 0 Å². The smallest absolute Gasteiger partial charge is 0.255 e. The van der Waals surface area contributed by atoms with Gasteiger partial charge in [-0.3, -0.25) is 9.78 Å². The van der Waals surface area contributed by atoms with Gasteiger partial charge in [-0.1, -0.05) is 0 Å². The highest BCUT2D eigenvalue weighted by Crippen LogP contribution is 2.34. The van der Waals surface area contributed by atoms with E-state index in [1.807, 2.05) is 34.9 Å². The first-order chi connectivity index (χ1) is 10.2. The maximum Gasteiger partial charge on any atom is 0.255 e. The average molecular weight is 367 g/mol. The SMILES string of the molecule is O=C(c1cncc(Br)c1)N1CCSC(c2ccco2)CC1. The number of furan rings is 1. The van der Waals surface area contributed by atoms with Crippen molar-refractivity contribution >= 4 is 33.6 Å². The molecule has 3 rings (SSSR count). The van der Waals surface area contributed by atoms with Gasteiger partial charge in [-0.05, 0) is 40.5 Å². The molecule has 1 amide bonds. The molecule has 110 valence electrons. The Hall–Kier alpha value is -1.27. The normalized spacial score (nSPS) is 19.3. The van der Waals surface area contributed by atoms with Crippen molar-refractivity contribution in [3.05, 3.63) is 52.7 Å². The molecular formula is C15H15BrN2O2S. The van der Waals surface area contributed by atoms with Gasteiger partial charge >= 0.3 is 0 Å². The first kappa shape index (κ1) is 14.7. The van der Waals surface area contributed by atoms with E-state index in [0.717, 1.165) is 35.5 Å². The van der Waals surface area contributed by atoms with E-state index >= 15 is 0 Å². The zero-order valence-corrected chi connectivity index (χ0v) is 13.8. The highest BCUT2D eigenvalue weighted by molar-refractivity contribution is 9.10. The largest absolute Gasteiger partial charge is 0.468 e. The number of rotatable bonds is 2. The van der Waals surface area contributed by atoms with Crippen molar-refractivity contribution < 1.29 is 9.21 Å². The van der Waals surface area contributed by atoms with Gasteiger partial charge in [-0.15, -0.1) is 11.8 Å².